The summed E-state index contributed by atoms with van der Waals surface area (Å²) in [7, 11) is 2.26. The fourth-order valence-electron chi connectivity index (χ4n) is 3.29. The number of nitrogens with zero attached hydrogens (tertiary/aromatic N) is 1. The largest absolute Gasteiger partial charge is 0.316 e. The summed E-state index contributed by atoms with van der Waals surface area (Å²) in [5.74, 6) is 1.68. The van der Waals surface area contributed by atoms with Crippen LogP contribution < -0.4 is 5.32 Å². The van der Waals surface area contributed by atoms with E-state index in [-0.39, 0.29) is 0 Å². The minimum absolute atomic E-state index is 0.631. The zero-order valence-electron chi connectivity index (χ0n) is 9.19. The average Bonchev–Trinajstić information content (AvgIpc) is 2.78. The van der Waals surface area contributed by atoms with Gasteiger partial charge < -0.3 is 5.32 Å². The second-order valence-corrected chi connectivity index (χ2v) is 4.88. The van der Waals surface area contributed by atoms with Crippen LogP contribution in [0.2, 0.25) is 0 Å². The van der Waals surface area contributed by atoms with Crippen LogP contribution in [-0.2, 0) is 0 Å². The van der Waals surface area contributed by atoms with Crippen LogP contribution in [0.4, 0.5) is 0 Å². The Hall–Kier alpha value is -0.860. The summed E-state index contributed by atoms with van der Waals surface area (Å²) in [6, 6.07) is 11.6. The van der Waals surface area contributed by atoms with E-state index in [1.54, 1.807) is 0 Å². The molecule has 0 aromatic heterocycles. The van der Waals surface area contributed by atoms with Gasteiger partial charge in [-0.25, -0.2) is 0 Å². The number of benzene rings is 1. The van der Waals surface area contributed by atoms with Crippen LogP contribution in [0.5, 0.6) is 0 Å². The normalized spacial score (nSPS) is 35.7. The van der Waals surface area contributed by atoms with Crippen molar-refractivity contribution in [1.82, 2.24) is 10.2 Å². The third kappa shape index (κ3) is 1.48. The SMILES string of the molecule is CN1C[C@@H]2CNC[C@@H]2[C@@H]1c1ccccc1. The number of rotatable bonds is 1. The molecule has 3 atom stereocenters. The number of hydrogen-bond donors (Lipinski definition) is 1. The van der Waals surface area contributed by atoms with E-state index in [4.69, 9.17) is 0 Å². The quantitative estimate of drug-likeness (QED) is 0.742. The van der Waals surface area contributed by atoms with Gasteiger partial charge >= 0.3 is 0 Å². The van der Waals surface area contributed by atoms with Gasteiger partial charge in [0.05, 0.1) is 0 Å². The van der Waals surface area contributed by atoms with Crippen molar-refractivity contribution in [3.63, 3.8) is 0 Å². The summed E-state index contributed by atoms with van der Waals surface area (Å²) in [6.07, 6.45) is 0. The third-order valence-electron chi connectivity index (χ3n) is 3.94. The molecule has 2 heteroatoms. The third-order valence-corrected chi connectivity index (χ3v) is 3.94. The van der Waals surface area contributed by atoms with Crippen LogP contribution in [0, 0.1) is 11.8 Å². The van der Waals surface area contributed by atoms with Gasteiger partial charge in [-0.15, -0.1) is 0 Å². The van der Waals surface area contributed by atoms with Crippen LogP contribution in [0.1, 0.15) is 11.6 Å². The Bertz CT molecular complexity index is 336. The van der Waals surface area contributed by atoms with Crippen LogP contribution in [-0.4, -0.2) is 31.6 Å². The molecule has 2 fully saturated rings. The molecule has 1 N–H and O–H groups in total. The van der Waals surface area contributed by atoms with E-state index in [0.717, 1.165) is 11.8 Å². The first-order valence-corrected chi connectivity index (χ1v) is 5.82. The van der Waals surface area contributed by atoms with Gasteiger partial charge in [-0.05, 0) is 31.0 Å². The molecule has 15 heavy (non-hydrogen) atoms. The maximum absolute atomic E-state index is 3.52. The summed E-state index contributed by atoms with van der Waals surface area (Å²) in [4.78, 5) is 2.52. The molecule has 3 rings (SSSR count). The van der Waals surface area contributed by atoms with Crippen molar-refractivity contribution < 1.29 is 0 Å². The zero-order valence-corrected chi connectivity index (χ0v) is 9.19. The average molecular weight is 202 g/mol. The van der Waals surface area contributed by atoms with Crippen molar-refractivity contribution in [1.29, 1.82) is 0 Å². The topological polar surface area (TPSA) is 15.3 Å². The Morgan fingerprint density at radius 2 is 2.00 bits per heavy atom. The monoisotopic (exact) mass is 202 g/mol. The highest BCUT2D eigenvalue weighted by atomic mass is 15.2. The predicted molar refractivity (Wildman–Crippen MR) is 61.7 cm³/mol. The Labute approximate surface area is 91.3 Å². The summed E-state index contributed by atoms with van der Waals surface area (Å²) < 4.78 is 0. The number of likely N-dealkylation sites (tertiary alicyclic amines) is 1. The molecule has 2 aliphatic heterocycles. The highest BCUT2D eigenvalue weighted by molar-refractivity contribution is 5.22. The van der Waals surface area contributed by atoms with Crippen LogP contribution in [0.15, 0.2) is 30.3 Å². The Kier molecular flexibility index (Phi) is 2.26. The van der Waals surface area contributed by atoms with Gasteiger partial charge in [-0.2, -0.15) is 0 Å². The Balaban J connectivity index is 1.91. The molecule has 0 unspecified atom stereocenters. The molecule has 0 aliphatic carbocycles. The van der Waals surface area contributed by atoms with Gasteiger partial charge in [0.25, 0.3) is 0 Å². The van der Waals surface area contributed by atoms with Crippen LogP contribution in [0.3, 0.4) is 0 Å². The highest BCUT2D eigenvalue weighted by Gasteiger charge is 2.42. The van der Waals surface area contributed by atoms with E-state index in [1.807, 2.05) is 0 Å². The van der Waals surface area contributed by atoms with Gasteiger partial charge in [0.2, 0.25) is 0 Å². The summed E-state index contributed by atoms with van der Waals surface area (Å²) in [6.45, 7) is 3.64. The summed E-state index contributed by atoms with van der Waals surface area (Å²) in [5, 5.41) is 3.52. The molecule has 2 aliphatic rings. The van der Waals surface area contributed by atoms with Gasteiger partial charge in [-0.3, -0.25) is 4.90 Å². The molecule has 1 aromatic rings. The highest BCUT2D eigenvalue weighted by Crippen LogP contribution is 2.41. The van der Waals surface area contributed by atoms with E-state index < -0.39 is 0 Å². The second-order valence-electron chi connectivity index (χ2n) is 4.88. The number of hydrogen-bond acceptors (Lipinski definition) is 2. The fraction of sp³-hybridized carbons (Fsp3) is 0.538. The molecule has 0 amide bonds. The van der Waals surface area contributed by atoms with Crippen LogP contribution in [0.25, 0.3) is 0 Å². The Morgan fingerprint density at radius 1 is 1.20 bits per heavy atom. The van der Waals surface area contributed by atoms with Crippen molar-refractivity contribution >= 4 is 0 Å². The fourth-order valence-corrected chi connectivity index (χ4v) is 3.29. The second kappa shape index (κ2) is 3.62. The van der Waals surface area contributed by atoms with Crippen LogP contribution >= 0.6 is 0 Å². The smallest absolute Gasteiger partial charge is 0.0389 e. The lowest BCUT2D eigenvalue weighted by Gasteiger charge is -2.24. The van der Waals surface area contributed by atoms with E-state index in [1.165, 1.54) is 25.2 Å². The summed E-state index contributed by atoms with van der Waals surface area (Å²) in [5.41, 5.74) is 1.48. The molecular formula is C13H18N2. The predicted octanol–water partition coefficient (Wildman–Crippen LogP) is 1.51. The molecule has 2 nitrogen and oxygen atoms in total. The standard InChI is InChI=1S/C13H18N2/c1-15-9-11-7-14-8-12(11)13(15)10-5-3-2-4-6-10/h2-6,11-14H,7-9H2,1H3/t11-,12-,13-/m0/s1. The molecule has 0 bridgehead atoms. The molecule has 0 saturated carbocycles. The summed E-state index contributed by atoms with van der Waals surface area (Å²) >= 11 is 0. The Morgan fingerprint density at radius 3 is 2.80 bits per heavy atom. The van der Waals surface area contributed by atoms with E-state index in [0.29, 0.717) is 6.04 Å². The van der Waals surface area contributed by atoms with Gasteiger partial charge in [0, 0.05) is 19.1 Å². The first-order valence-electron chi connectivity index (χ1n) is 5.82. The van der Waals surface area contributed by atoms with E-state index in [9.17, 15) is 0 Å². The van der Waals surface area contributed by atoms with E-state index in [2.05, 4.69) is 47.6 Å². The molecular weight excluding hydrogens is 184 g/mol. The molecule has 1 aromatic carbocycles. The molecule has 80 valence electrons. The van der Waals surface area contributed by atoms with E-state index >= 15 is 0 Å². The lowest BCUT2D eigenvalue weighted by Crippen LogP contribution is -2.25. The van der Waals surface area contributed by atoms with Crippen molar-refractivity contribution in [2.75, 3.05) is 26.7 Å². The molecule has 2 saturated heterocycles. The maximum atomic E-state index is 3.52. The number of nitrogens with one attached hydrogen (secondary N) is 1. The van der Waals surface area contributed by atoms with Crippen molar-refractivity contribution in [3.05, 3.63) is 35.9 Å². The lowest BCUT2D eigenvalue weighted by atomic mass is 9.90. The van der Waals surface area contributed by atoms with Gasteiger partial charge in [0.15, 0.2) is 0 Å². The first kappa shape index (κ1) is 9.37. The molecule has 2 heterocycles. The maximum Gasteiger partial charge on any atom is 0.0389 e. The molecule has 0 spiro atoms. The minimum Gasteiger partial charge on any atom is -0.316 e. The van der Waals surface area contributed by atoms with Crippen molar-refractivity contribution in [2.24, 2.45) is 11.8 Å². The minimum atomic E-state index is 0.631. The van der Waals surface area contributed by atoms with Crippen molar-refractivity contribution in [3.8, 4) is 0 Å². The lowest BCUT2D eigenvalue weighted by molar-refractivity contribution is 0.276. The number of fused-ring (bicyclic) bond motifs is 1. The zero-order chi connectivity index (χ0) is 10.3. The van der Waals surface area contributed by atoms with Crippen molar-refractivity contribution in [2.45, 2.75) is 6.04 Å². The van der Waals surface area contributed by atoms with Gasteiger partial charge in [0.1, 0.15) is 0 Å². The first-order chi connectivity index (χ1) is 7.36. The van der Waals surface area contributed by atoms with Gasteiger partial charge in [-0.1, -0.05) is 30.3 Å². The molecule has 0 radical (unpaired) electrons.